The van der Waals surface area contributed by atoms with Crippen LogP contribution in [0.2, 0.25) is 0 Å². The molecule has 1 heterocycles. The predicted molar refractivity (Wildman–Crippen MR) is 66.2 cm³/mol. The van der Waals surface area contributed by atoms with Crippen LogP contribution in [0.5, 0.6) is 0 Å². The molecule has 0 fully saturated rings. The molecule has 4 nitrogen and oxygen atoms in total. The fourth-order valence-electron chi connectivity index (χ4n) is 1.65. The first-order chi connectivity index (χ1) is 7.63. The van der Waals surface area contributed by atoms with Crippen LogP contribution in [0.15, 0.2) is 6.20 Å². The number of nitrogens with one attached hydrogen (secondary N) is 1. The van der Waals surface area contributed by atoms with Gasteiger partial charge in [-0.15, -0.1) is 5.10 Å². The molecule has 0 aliphatic rings. The molecule has 16 heavy (non-hydrogen) atoms. The van der Waals surface area contributed by atoms with E-state index in [0.29, 0.717) is 12.0 Å². The zero-order chi connectivity index (χ0) is 12.0. The van der Waals surface area contributed by atoms with Crippen molar-refractivity contribution in [1.82, 2.24) is 20.3 Å². The molecule has 0 spiro atoms. The fraction of sp³-hybridized carbons (Fsp3) is 0.833. The number of rotatable bonds is 7. The van der Waals surface area contributed by atoms with Crippen molar-refractivity contribution in [3.05, 3.63) is 11.9 Å². The summed E-state index contributed by atoms with van der Waals surface area (Å²) in [6.07, 6.45) is 4.39. The Morgan fingerprint density at radius 3 is 2.75 bits per heavy atom. The van der Waals surface area contributed by atoms with Gasteiger partial charge in [0.25, 0.3) is 0 Å². The van der Waals surface area contributed by atoms with Gasteiger partial charge in [0.2, 0.25) is 0 Å². The van der Waals surface area contributed by atoms with Crippen molar-refractivity contribution in [3.8, 4) is 0 Å². The smallest absolute Gasteiger partial charge is 0.0964 e. The summed E-state index contributed by atoms with van der Waals surface area (Å²) in [5, 5.41) is 11.7. The first-order valence-corrected chi connectivity index (χ1v) is 6.24. The Hall–Kier alpha value is -0.900. The van der Waals surface area contributed by atoms with Crippen molar-refractivity contribution >= 4 is 0 Å². The quantitative estimate of drug-likeness (QED) is 0.773. The molecule has 1 atom stereocenters. The second-order valence-electron chi connectivity index (χ2n) is 4.85. The van der Waals surface area contributed by atoms with Gasteiger partial charge in [0.05, 0.1) is 17.9 Å². The van der Waals surface area contributed by atoms with Gasteiger partial charge in [-0.05, 0) is 25.8 Å². The van der Waals surface area contributed by atoms with Crippen LogP contribution in [0.25, 0.3) is 0 Å². The largest absolute Gasteiger partial charge is 0.311 e. The molecule has 0 aliphatic carbocycles. The topological polar surface area (TPSA) is 42.7 Å². The number of aromatic nitrogens is 3. The van der Waals surface area contributed by atoms with E-state index in [0.717, 1.165) is 25.2 Å². The first-order valence-electron chi connectivity index (χ1n) is 6.24. The molecule has 0 radical (unpaired) electrons. The maximum absolute atomic E-state index is 4.17. The fourth-order valence-corrected chi connectivity index (χ4v) is 1.65. The predicted octanol–water partition coefficient (Wildman–Crippen LogP) is 2.38. The minimum atomic E-state index is 0.455. The Kier molecular flexibility index (Phi) is 5.46. The first kappa shape index (κ1) is 13.2. The van der Waals surface area contributed by atoms with Gasteiger partial charge in [-0.25, -0.2) is 4.68 Å². The van der Waals surface area contributed by atoms with Crippen LogP contribution in [-0.4, -0.2) is 21.5 Å². The summed E-state index contributed by atoms with van der Waals surface area (Å²) in [4.78, 5) is 0. The molecule has 0 aliphatic heterocycles. The number of nitrogens with zero attached hydrogens (tertiary/aromatic N) is 3. The van der Waals surface area contributed by atoms with Gasteiger partial charge in [0.15, 0.2) is 0 Å². The second-order valence-corrected chi connectivity index (χ2v) is 4.85. The zero-order valence-electron chi connectivity index (χ0n) is 10.9. The van der Waals surface area contributed by atoms with Crippen molar-refractivity contribution in [2.24, 2.45) is 5.92 Å². The third-order valence-corrected chi connectivity index (χ3v) is 2.57. The molecule has 92 valence electrons. The van der Waals surface area contributed by atoms with Gasteiger partial charge in [-0.1, -0.05) is 32.4 Å². The second kappa shape index (κ2) is 6.63. The van der Waals surface area contributed by atoms with Gasteiger partial charge in [0, 0.05) is 6.54 Å². The van der Waals surface area contributed by atoms with Crippen LogP contribution in [0.4, 0.5) is 0 Å². The third-order valence-electron chi connectivity index (χ3n) is 2.57. The summed E-state index contributed by atoms with van der Waals surface area (Å²) in [7, 11) is 0. The highest BCUT2D eigenvalue weighted by molar-refractivity contribution is 4.92. The van der Waals surface area contributed by atoms with E-state index in [9.17, 15) is 0 Å². The minimum Gasteiger partial charge on any atom is -0.311 e. The SMILES string of the molecule is CCCC(C)n1cc(CNCC(C)C)nn1. The molecule has 0 aromatic carbocycles. The minimum absolute atomic E-state index is 0.455. The lowest BCUT2D eigenvalue weighted by Crippen LogP contribution is -2.19. The Bertz CT molecular complexity index is 293. The summed E-state index contributed by atoms with van der Waals surface area (Å²) < 4.78 is 1.97. The highest BCUT2D eigenvalue weighted by atomic mass is 15.4. The van der Waals surface area contributed by atoms with Gasteiger partial charge in [0.1, 0.15) is 0 Å². The van der Waals surface area contributed by atoms with Crippen LogP contribution < -0.4 is 5.32 Å². The van der Waals surface area contributed by atoms with Crippen LogP contribution in [0.3, 0.4) is 0 Å². The van der Waals surface area contributed by atoms with Crippen molar-refractivity contribution in [2.45, 2.75) is 53.1 Å². The van der Waals surface area contributed by atoms with Crippen LogP contribution in [-0.2, 0) is 6.54 Å². The Labute approximate surface area is 98.4 Å². The van der Waals surface area contributed by atoms with Gasteiger partial charge >= 0.3 is 0 Å². The van der Waals surface area contributed by atoms with Gasteiger partial charge in [-0.2, -0.15) is 0 Å². The molecular formula is C12H24N4. The molecule has 0 bridgehead atoms. The van der Waals surface area contributed by atoms with Crippen LogP contribution in [0.1, 0.15) is 52.3 Å². The van der Waals surface area contributed by atoms with Crippen molar-refractivity contribution in [3.63, 3.8) is 0 Å². The van der Waals surface area contributed by atoms with Gasteiger partial charge in [-0.3, -0.25) is 0 Å². The molecule has 4 heteroatoms. The average molecular weight is 224 g/mol. The van der Waals surface area contributed by atoms with E-state index in [2.05, 4.69) is 43.3 Å². The lowest BCUT2D eigenvalue weighted by atomic mass is 10.2. The lowest BCUT2D eigenvalue weighted by molar-refractivity contribution is 0.443. The van der Waals surface area contributed by atoms with E-state index in [4.69, 9.17) is 0 Å². The third kappa shape index (κ3) is 4.31. The Morgan fingerprint density at radius 1 is 1.38 bits per heavy atom. The number of hydrogen-bond acceptors (Lipinski definition) is 3. The van der Waals surface area contributed by atoms with Crippen LogP contribution >= 0.6 is 0 Å². The van der Waals surface area contributed by atoms with E-state index in [1.165, 1.54) is 6.42 Å². The van der Waals surface area contributed by atoms with Crippen LogP contribution in [0, 0.1) is 5.92 Å². The van der Waals surface area contributed by atoms with Crippen molar-refractivity contribution in [2.75, 3.05) is 6.54 Å². The van der Waals surface area contributed by atoms with E-state index >= 15 is 0 Å². The molecule has 1 N–H and O–H groups in total. The molecule has 1 aromatic heterocycles. The van der Waals surface area contributed by atoms with Crippen molar-refractivity contribution in [1.29, 1.82) is 0 Å². The summed E-state index contributed by atoms with van der Waals surface area (Å²) in [5.41, 5.74) is 1.03. The van der Waals surface area contributed by atoms with E-state index in [1.54, 1.807) is 0 Å². The lowest BCUT2D eigenvalue weighted by Gasteiger charge is -2.08. The van der Waals surface area contributed by atoms with E-state index < -0.39 is 0 Å². The molecule has 0 saturated carbocycles. The highest BCUT2D eigenvalue weighted by Gasteiger charge is 2.06. The summed E-state index contributed by atoms with van der Waals surface area (Å²) in [6, 6.07) is 0.455. The van der Waals surface area contributed by atoms with Crippen molar-refractivity contribution < 1.29 is 0 Å². The average Bonchev–Trinajstić information content (AvgIpc) is 2.66. The Morgan fingerprint density at radius 2 is 2.12 bits per heavy atom. The molecular weight excluding hydrogens is 200 g/mol. The zero-order valence-corrected chi connectivity index (χ0v) is 10.9. The molecule has 1 unspecified atom stereocenters. The summed E-state index contributed by atoms with van der Waals surface area (Å²) >= 11 is 0. The molecule has 0 amide bonds. The van der Waals surface area contributed by atoms with E-state index in [-0.39, 0.29) is 0 Å². The Balaban J connectivity index is 2.39. The summed E-state index contributed by atoms with van der Waals surface area (Å²) in [5.74, 6) is 0.675. The normalized spacial score (nSPS) is 13.3. The van der Waals surface area contributed by atoms with E-state index in [1.807, 2.05) is 10.9 Å². The maximum Gasteiger partial charge on any atom is 0.0964 e. The number of hydrogen-bond donors (Lipinski definition) is 1. The maximum atomic E-state index is 4.17. The van der Waals surface area contributed by atoms with Gasteiger partial charge < -0.3 is 5.32 Å². The monoisotopic (exact) mass is 224 g/mol. The molecule has 0 saturated heterocycles. The molecule has 1 aromatic rings. The standard InChI is InChI=1S/C12H24N4/c1-5-6-11(4)16-9-12(14-15-16)8-13-7-10(2)3/h9-11,13H,5-8H2,1-4H3. The molecule has 1 rings (SSSR count). The highest BCUT2D eigenvalue weighted by Crippen LogP contribution is 2.11. The summed E-state index contributed by atoms with van der Waals surface area (Å²) in [6.45, 7) is 10.6.